The first-order valence-electron chi connectivity index (χ1n) is 11.0. The second-order valence-electron chi connectivity index (χ2n) is 8.60. The molecule has 0 spiro atoms. The molecule has 2 rings (SSSR count). The van der Waals surface area contributed by atoms with Gasteiger partial charge in [0.15, 0.2) is 0 Å². The Labute approximate surface area is 210 Å². The van der Waals surface area contributed by atoms with Gasteiger partial charge < -0.3 is 18.9 Å². The standard InChI is InChI=1S/C27H30N2O7/c1-8-12-22-23(18(2)33-6)20(16-29(22)26(32)36-27(3,4)5)15-21(24(30)34-7)28-25(31)35-17-19-13-10-9-11-14-19/h1,9-14,16H,15,17H2,2-7H3/b22-12+,23-18?,28-21?. The lowest BCUT2D eigenvalue weighted by Gasteiger charge is -2.19. The van der Waals surface area contributed by atoms with Crippen LogP contribution in [0.5, 0.6) is 0 Å². The van der Waals surface area contributed by atoms with Gasteiger partial charge in [-0.15, -0.1) is 6.42 Å². The first kappa shape index (κ1) is 27.9. The summed E-state index contributed by atoms with van der Waals surface area (Å²) in [7, 11) is 2.63. The van der Waals surface area contributed by atoms with Gasteiger partial charge in [0.05, 0.1) is 19.6 Å². The molecule has 0 aliphatic heterocycles. The molecule has 36 heavy (non-hydrogen) atoms. The van der Waals surface area contributed by atoms with Crippen LogP contribution < -0.4 is 10.6 Å². The van der Waals surface area contributed by atoms with Crippen LogP contribution in [-0.2, 0) is 36.8 Å². The van der Waals surface area contributed by atoms with E-state index in [1.165, 1.54) is 31.1 Å². The van der Waals surface area contributed by atoms with Crippen molar-refractivity contribution in [2.75, 3.05) is 14.2 Å². The Morgan fingerprint density at radius 1 is 1.11 bits per heavy atom. The number of nitrogens with zero attached hydrogens (tertiary/aromatic N) is 2. The molecule has 1 aromatic heterocycles. The second-order valence-corrected chi connectivity index (χ2v) is 8.60. The van der Waals surface area contributed by atoms with Crippen molar-refractivity contribution >= 4 is 35.7 Å². The van der Waals surface area contributed by atoms with E-state index in [0.717, 1.165) is 5.56 Å². The maximum atomic E-state index is 12.9. The van der Waals surface area contributed by atoms with Gasteiger partial charge in [0.2, 0.25) is 0 Å². The van der Waals surface area contributed by atoms with Crippen LogP contribution >= 0.6 is 0 Å². The summed E-state index contributed by atoms with van der Waals surface area (Å²) < 4.78 is 22.1. The molecule has 0 aliphatic carbocycles. The molecule has 0 fully saturated rings. The van der Waals surface area contributed by atoms with E-state index in [1.807, 2.05) is 18.2 Å². The highest BCUT2D eigenvalue weighted by Crippen LogP contribution is 2.10. The first-order chi connectivity index (χ1) is 17.0. The van der Waals surface area contributed by atoms with Crippen molar-refractivity contribution in [3.05, 3.63) is 58.2 Å². The van der Waals surface area contributed by atoms with Crippen molar-refractivity contribution in [2.45, 2.75) is 46.3 Å². The molecule has 1 heterocycles. The highest BCUT2D eigenvalue weighted by Gasteiger charge is 2.23. The first-order valence-corrected chi connectivity index (χ1v) is 11.0. The van der Waals surface area contributed by atoms with Gasteiger partial charge in [-0.05, 0) is 38.8 Å². The molecule has 190 valence electrons. The minimum Gasteiger partial charge on any atom is -0.501 e. The maximum absolute atomic E-state index is 12.9. The number of esters is 1. The summed E-state index contributed by atoms with van der Waals surface area (Å²) in [6.45, 7) is 6.86. The Bertz CT molecular complexity index is 1310. The largest absolute Gasteiger partial charge is 0.501 e. The smallest absolute Gasteiger partial charge is 0.434 e. The molecule has 0 radical (unpaired) electrons. The number of rotatable bonds is 6. The predicted octanol–water partition coefficient (Wildman–Crippen LogP) is 2.95. The highest BCUT2D eigenvalue weighted by molar-refractivity contribution is 6.38. The molecular weight excluding hydrogens is 464 g/mol. The van der Waals surface area contributed by atoms with E-state index in [9.17, 15) is 14.4 Å². The lowest BCUT2D eigenvalue weighted by molar-refractivity contribution is -0.132. The third-order valence-corrected chi connectivity index (χ3v) is 4.80. The minimum absolute atomic E-state index is 0.0181. The van der Waals surface area contributed by atoms with Gasteiger partial charge in [0.25, 0.3) is 0 Å². The molecule has 1 amide bonds. The lowest BCUT2D eigenvalue weighted by atomic mass is 10.1. The molecular formula is C27H30N2O7. The second kappa shape index (κ2) is 12.4. The predicted molar refractivity (Wildman–Crippen MR) is 134 cm³/mol. The van der Waals surface area contributed by atoms with Gasteiger partial charge in [-0.1, -0.05) is 36.3 Å². The highest BCUT2D eigenvalue weighted by atomic mass is 16.6. The Hall–Kier alpha value is -4.32. The van der Waals surface area contributed by atoms with Crippen LogP contribution in [0, 0.1) is 12.3 Å². The van der Waals surface area contributed by atoms with Crippen molar-refractivity contribution in [1.29, 1.82) is 0 Å². The quantitative estimate of drug-likeness (QED) is 0.263. The Balaban J connectivity index is 2.55. The van der Waals surface area contributed by atoms with Crippen LogP contribution in [0.25, 0.3) is 11.8 Å². The van der Waals surface area contributed by atoms with Gasteiger partial charge in [-0.2, -0.15) is 4.99 Å². The average molecular weight is 495 g/mol. The van der Waals surface area contributed by atoms with Crippen LogP contribution in [0.2, 0.25) is 0 Å². The summed E-state index contributed by atoms with van der Waals surface area (Å²) in [5, 5.41) is 0.771. The molecule has 0 unspecified atom stereocenters. The Morgan fingerprint density at radius 3 is 2.33 bits per heavy atom. The van der Waals surface area contributed by atoms with E-state index in [1.54, 1.807) is 39.8 Å². The summed E-state index contributed by atoms with van der Waals surface area (Å²) in [4.78, 5) is 41.6. The van der Waals surface area contributed by atoms with Crippen molar-refractivity contribution in [1.82, 2.24) is 4.57 Å². The fourth-order valence-corrected chi connectivity index (χ4v) is 3.22. The van der Waals surface area contributed by atoms with E-state index < -0.39 is 23.8 Å². The fraction of sp³-hybridized carbons (Fsp3) is 0.333. The SMILES string of the molecule is C#C/C=c1\c(=C(C)OC)c(CC(=NC(=O)OCc2ccccc2)C(=O)OC)cn1C(=O)OC(C)(C)C. The number of ether oxygens (including phenoxy) is 4. The Morgan fingerprint density at radius 2 is 1.78 bits per heavy atom. The molecule has 0 bridgehead atoms. The normalized spacial score (nSPS) is 12.9. The van der Waals surface area contributed by atoms with Crippen molar-refractivity contribution in [2.24, 2.45) is 4.99 Å². The number of carbonyl (C=O) groups is 3. The topological polar surface area (TPSA) is 105 Å². The van der Waals surface area contributed by atoms with Gasteiger partial charge in [0, 0.05) is 23.9 Å². The Kier molecular flexibility index (Phi) is 9.62. The van der Waals surface area contributed by atoms with Crippen molar-refractivity contribution in [3.63, 3.8) is 0 Å². The third-order valence-electron chi connectivity index (χ3n) is 4.80. The summed E-state index contributed by atoms with van der Waals surface area (Å²) >= 11 is 0. The number of aromatic nitrogens is 1. The van der Waals surface area contributed by atoms with E-state index in [4.69, 9.17) is 25.4 Å². The summed E-state index contributed by atoms with van der Waals surface area (Å²) in [5.41, 5.74) is 0.198. The van der Waals surface area contributed by atoms with Crippen LogP contribution in [0.4, 0.5) is 9.59 Å². The lowest BCUT2D eigenvalue weighted by Crippen LogP contribution is -2.38. The maximum Gasteiger partial charge on any atom is 0.434 e. The zero-order valence-electron chi connectivity index (χ0n) is 21.3. The van der Waals surface area contributed by atoms with Gasteiger partial charge in [-0.3, -0.25) is 4.57 Å². The number of methoxy groups -OCH3 is 2. The molecule has 0 atom stereocenters. The van der Waals surface area contributed by atoms with Crippen LogP contribution in [0.1, 0.15) is 38.8 Å². The third kappa shape index (κ3) is 7.60. The van der Waals surface area contributed by atoms with Crippen molar-refractivity contribution in [3.8, 4) is 12.3 Å². The number of hydrogen-bond donors (Lipinski definition) is 0. The van der Waals surface area contributed by atoms with Crippen LogP contribution in [0.15, 0.2) is 41.5 Å². The molecule has 9 nitrogen and oxygen atoms in total. The van der Waals surface area contributed by atoms with E-state index in [2.05, 4.69) is 10.9 Å². The molecule has 0 aliphatic rings. The molecule has 1 aromatic carbocycles. The fourth-order valence-electron chi connectivity index (χ4n) is 3.22. The van der Waals surface area contributed by atoms with Gasteiger partial charge >= 0.3 is 18.2 Å². The van der Waals surface area contributed by atoms with Crippen LogP contribution in [-0.4, -0.2) is 48.3 Å². The van der Waals surface area contributed by atoms with E-state index in [0.29, 0.717) is 21.9 Å². The average Bonchev–Trinajstić information content (AvgIpc) is 3.19. The molecule has 9 heteroatoms. The number of amides is 1. The molecule has 0 saturated heterocycles. The zero-order chi connectivity index (χ0) is 26.9. The number of carbonyl (C=O) groups excluding carboxylic acids is 3. The molecule has 2 aromatic rings. The van der Waals surface area contributed by atoms with Gasteiger partial charge in [0.1, 0.15) is 23.7 Å². The summed E-state index contributed by atoms with van der Waals surface area (Å²) in [6.07, 6.45) is 6.54. The van der Waals surface area contributed by atoms with E-state index in [-0.39, 0.29) is 18.7 Å². The minimum atomic E-state index is -0.963. The number of aliphatic imine (C=N–C) groups is 1. The number of hydrogen-bond acceptors (Lipinski definition) is 7. The summed E-state index contributed by atoms with van der Waals surface area (Å²) in [6, 6.07) is 9.03. The molecule has 0 N–H and O–H groups in total. The van der Waals surface area contributed by atoms with Crippen molar-refractivity contribution < 1.29 is 33.3 Å². The number of terminal acetylenes is 1. The van der Waals surface area contributed by atoms with Crippen LogP contribution in [0.3, 0.4) is 0 Å². The summed E-state index contributed by atoms with van der Waals surface area (Å²) in [5.74, 6) is 2.00. The monoisotopic (exact) mass is 494 g/mol. The van der Waals surface area contributed by atoms with Gasteiger partial charge in [-0.25, -0.2) is 14.4 Å². The zero-order valence-corrected chi connectivity index (χ0v) is 21.3. The molecule has 0 saturated carbocycles. The van der Waals surface area contributed by atoms with E-state index >= 15 is 0 Å². The number of benzene rings is 1.